The van der Waals surface area contributed by atoms with Crippen LogP contribution in [0.25, 0.3) is 0 Å². The lowest BCUT2D eigenvalue weighted by molar-refractivity contribution is 0.447. The number of hydrogen-bond donors (Lipinski definition) is 1. The van der Waals surface area contributed by atoms with Crippen molar-refractivity contribution in [3.63, 3.8) is 0 Å². The summed E-state index contributed by atoms with van der Waals surface area (Å²) in [4.78, 5) is 4.12. The number of pyridine rings is 1. The Morgan fingerprint density at radius 1 is 1.41 bits per heavy atom. The molecule has 2 nitrogen and oxygen atoms in total. The summed E-state index contributed by atoms with van der Waals surface area (Å²) in [6.45, 7) is 6.01. The third-order valence-electron chi connectivity index (χ3n) is 2.38. The normalized spacial score (nSPS) is 12.1. The van der Waals surface area contributed by atoms with Crippen LogP contribution in [0.2, 0.25) is 0 Å². The topological polar surface area (TPSA) is 24.9 Å². The second kappa shape index (κ2) is 7.03. The van der Waals surface area contributed by atoms with Gasteiger partial charge in [-0.05, 0) is 25.5 Å². The van der Waals surface area contributed by atoms with Crippen molar-refractivity contribution >= 4 is 0 Å². The Morgan fingerprint density at radius 3 is 2.71 bits per heavy atom. The second-order valence-electron chi connectivity index (χ2n) is 4.24. The van der Waals surface area contributed by atoms with Gasteiger partial charge < -0.3 is 5.32 Å². The summed E-state index contributed by atoms with van der Waals surface area (Å²) in [6.07, 6.45) is 2.97. The highest BCUT2D eigenvalue weighted by Crippen LogP contribution is 2.17. The van der Waals surface area contributed by atoms with Gasteiger partial charge in [-0.2, -0.15) is 0 Å². The summed E-state index contributed by atoms with van der Waals surface area (Å²) in [6, 6.07) is 3.68. The molecule has 0 aliphatic rings. The molecule has 1 rings (SSSR count). The average molecular weight is 234 g/mol. The number of aromatic nitrogens is 1. The van der Waals surface area contributed by atoms with Gasteiger partial charge >= 0.3 is 0 Å². The van der Waals surface area contributed by atoms with Crippen LogP contribution in [0.1, 0.15) is 45.3 Å². The molecule has 3 heteroatoms. The molecule has 0 saturated heterocycles. The van der Waals surface area contributed by atoms with Gasteiger partial charge in [0.2, 0.25) is 0 Å². The van der Waals surface area contributed by atoms with Crippen molar-refractivity contribution in [1.29, 1.82) is 0 Å². The molecule has 1 aromatic heterocycles. The van der Waals surface area contributed by atoms with E-state index in [2.05, 4.69) is 36.0 Å². The molecule has 17 heavy (non-hydrogen) atoms. The van der Waals surface area contributed by atoms with Crippen LogP contribution in [-0.2, 0) is 0 Å². The van der Waals surface area contributed by atoms with Crippen LogP contribution in [0, 0.1) is 17.7 Å². The maximum Gasteiger partial charge on any atom is 0.141 e. The highest BCUT2D eigenvalue weighted by atomic mass is 19.1. The van der Waals surface area contributed by atoms with Crippen molar-refractivity contribution in [1.82, 2.24) is 10.3 Å². The summed E-state index contributed by atoms with van der Waals surface area (Å²) >= 11 is 0. The second-order valence-corrected chi connectivity index (χ2v) is 4.24. The minimum absolute atomic E-state index is 0.136. The molecule has 0 aliphatic heterocycles. The first-order chi connectivity index (χ1) is 8.13. The zero-order valence-electron chi connectivity index (χ0n) is 10.6. The summed E-state index contributed by atoms with van der Waals surface area (Å²) in [5.41, 5.74) is 0.873. The molecule has 1 N–H and O–H groups in total. The molecule has 0 spiro atoms. The summed E-state index contributed by atoms with van der Waals surface area (Å²) in [7, 11) is 0. The summed E-state index contributed by atoms with van der Waals surface area (Å²) in [5.74, 6) is 5.62. The van der Waals surface area contributed by atoms with Gasteiger partial charge in [-0.3, -0.25) is 4.98 Å². The largest absolute Gasteiger partial charge is 0.306 e. The van der Waals surface area contributed by atoms with E-state index in [4.69, 9.17) is 0 Å². The van der Waals surface area contributed by atoms with E-state index in [9.17, 15) is 4.39 Å². The summed E-state index contributed by atoms with van der Waals surface area (Å²) in [5, 5.41) is 3.42. The predicted octanol–water partition coefficient (Wildman–Crippen LogP) is 3.06. The van der Waals surface area contributed by atoms with Gasteiger partial charge in [0.1, 0.15) is 5.82 Å². The molecule has 0 aliphatic carbocycles. The van der Waals surface area contributed by atoms with Gasteiger partial charge in [0.15, 0.2) is 0 Å². The average Bonchev–Trinajstić information content (AvgIpc) is 2.28. The van der Waals surface area contributed by atoms with E-state index >= 15 is 0 Å². The molecule has 0 aromatic carbocycles. The Kier molecular flexibility index (Phi) is 5.65. The standard InChI is InChI=1S/C14H19FN2/c1-4-5-6-7-14(17-11(2)3)13-9-8-12(15)10-16-13/h8-11,14,17H,6-7H2,1-3H3. The van der Waals surface area contributed by atoms with E-state index in [0.717, 1.165) is 18.5 Å². The van der Waals surface area contributed by atoms with Crippen molar-refractivity contribution in [3.8, 4) is 11.8 Å². The quantitative estimate of drug-likeness (QED) is 0.792. The molecule has 1 heterocycles. The lowest BCUT2D eigenvalue weighted by Crippen LogP contribution is -2.28. The lowest BCUT2D eigenvalue weighted by Gasteiger charge is -2.20. The van der Waals surface area contributed by atoms with Crippen LogP contribution in [0.4, 0.5) is 4.39 Å². The van der Waals surface area contributed by atoms with Crippen LogP contribution in [0.15, 0.2) is 18.3 Å². The maximum absolute atomic E-state index is 12.8. The van der Waals surface area contributed by atoms with Crippen molar-refractivity contribution in [2.45, 2.75) is 45.7 Å². The van der Waals surface area contributed by atoms with Gasteiger partial charge in [0.25, 0.3) is 0 Å². The Balaban J connectivity index is 2.72. The fourth-order valence-corrected chi connectivity index (χ4v) is 1.65. The summed E-state index contributed by atoms with van der Waals surface area (Å²) < 4.78 is 12.8. The molecule has 1 unspecified atom stereocenters. The van der Waals surface area contributed by atoms with Gasteiger partial charge in [-0.25, -0.2) is 4.39 Å². The fourth-order valence-electron chi connectivity index (χ4n) is 1.65. The zero-order chi connectivity index (χ0) is 12.7. The Labute approximate surface area is 103 Å². The minimum Gasteiger partial charge on any atom is -0.306 e. The molecule has 0 radical (unpaired) electrons. The zero-order valence-corrected chi connectivity index (χ0v) is 10.6. The van der Waals surface area contributed by atoms with Gasteiger partial charge in [0, 0.05) is 12.5 Å². The molecule has 92 valence electrons. The van der Waals surface area contributed by atoms with Gasteiger partial charge in [0.05, 0.1) is 17.9 Å². The number of halogens is 1. The monoisotopic (exact) mass is 234 g/mol. The van der Waals surface area contributed by atoms with Crippen LogP contribution < -0.4 is 5.32 Å². The van der Waals surface area contributed by atoms with Crippen LogP contribution in [-0.4, -0.2) is 11.0 Å². The highest BCUT2D eigenvalue weighted by Gasteiger charge is 2.13. The van der Waals surface area contributed by atoms with E-state index in [1.165, 1.54) is 12.3 Å². The van der Waals surface area contributed by atoms with Gasteiger partial charge in [-0.1, -0.05) is 13.8 Å². The van der Waals surface area contributed by atoms with Crippen molar-refractivity contribution in [2.24, 2.45) is 0 Å². The molecule has 1 atom stereocenters. The van der Waals surface area contributed by atoms with E-state index < -0.39 is 0 Å². The first-order valence-electron chi connectivity index (χ1n) is 5.90. The molecule has 0 fully saturated rings. The number of nitrogens with zero attached hydrogens (tertiary/aromatic N) is 1. The first-order valence-corrected chi connectivity index (χ1v) is 5.90. The molecule has 0 amide bonds. The third kappa shape index (κ3) is 4.97. The molecular weight excluding hydrogens is 215 g/mol. The maximum atomic E-state index is 12.8. The minimum atomic E-state index is -0.301. The van der Waals surface area contributed by atoms with E-state index in [1.54, 1.807) is 6.07 Å². The molecular formula is C14H19FN2. The lowest BCUT2D eigenvalue weighted by atomic mass is 10.1. The van der Waals surface area contributed by atoms with Crippen molar-refractivity contribution in [2.75, 3.05) is 0 Å². The Bertz CT molecular complexity index is 387. The third-order valence-corrected chi connectivity index (χ3v) is 2.38. The van der Waals surface area contributed by atoms with E-state index in [1.807, 2.05) is 6.92 Å². The van der Waals surface area contributed by atoms with Gasteiger partial charge in [-0.15, -0.1) is 11.8 Å². The Hall–Kier alpha value is -1.40. The fraction of sp³-hybridized carbons (Fsp3) is 0.500. The first kappa shape index (κ1) is 13.7. The number of rotatable bonds is 5. The number of hydrogen-bond acceptors (Lipinski definition) is 2. The molecule has 0 saturated carbocycles. The smallest absolute Gasteiger partial charge is 0.141 e. The van der Waals surface area contributed by atoms with Crippen LogP contribution in [0.3, 0.4) is 0 Å². The van der Waals surface area contributed by atoms with E-state index in [-0.39, 0.29) is 11.9 Å². The van der Waals surface area contributed by atoms with E-state index in [0.29, 0.717) is 6.04 Å². The highest BCUT2D eigenvalue weighted by molar-refractivity contribution is 5.11. The van der Waals surface area contributed by atoms with Crippen molar-refractivity contribution in [3.05, 3.63) is 29.8 Å². The van der Waals surface area contributed by atoms with Crippen LogP contribution >= 0.6 is 0 Å². The number of nitrogens with one attached hydrogen (secondary N) is 1. The molecule has 0 bridgehead atoms. The van der Waals surface area contributed by atoms with Crippen LogP contribution in [0.5, 0.6) is 0 Å². The SMILES string of the molecule is CC#CCCC(NC(C)C)c1ccc(F)cn1. The molecule has 1 aromatic rings. The Morgan fingerprint density at radius 2 is 2.18 bits per heavy atom. The van der Waals surface area contributed by atoms with Crippen molar-refractivity contribution < 1.29 is 4.39 Å². The predicted molar refractivity (Wildman–Crippen MR) is 67.9 cm³/mol.